The quantitative estimate of drug-likeness (QED) is 0.872. The van der Waals surface area contributed by atoms with E-state index in [1.165, 1.54) is 0 Å². The Balaban J connectivity index is 1.93. The van der Waals surface area contributed by atoms with Crippen LogP contribution in [0.3, 0.4) is 0 Å². The van der Waals surface area contributed by atoms with Crippen molar-refractivity contribution in [1.82, 2.24) is 20.1 Å². The fourth-order valence-corrected chi connectivity index (χ4v) is 2.35. The van der Waals surface area contributed by atoms with Crippen molar-refractivity contribution in [2.24, 2.45) is 5.92 Å². The van der Waals surface area contributed by atoms with Gasteiger partial charge in [0.15, 0.2) is 0 Å². The van der Waals surface area contributed by atoms with Crippen LogP contribution in [0.2, 0.25) is 0 Å². The van der Waals surface area contributed by atoms with E-state index in [-0.39, 0.29) is 17.9 Å². The van der Waals surface area contributed by atoms with Gasteiger partial charge in [-0.2, -0.15) is 5.10 Å². The predicted molar refractivity (Wildman–Crippen MR) is 70.4 cm³/mol. The van der Waals surface area contributed by atoms with Gasteiger partial charge in [-0.1, -0.05) is 6.92 Å². The first-order valence-electron chi connectivity index (χ1n) is 6.98. The highest BCUT2D eigenvalue weighted by Crippen LogP contribution is 2.17. The number of carbonyl (C=O) groups is 1. The summed E-state index contributed by atoms with van der Waals surface area (Å²) in [5.41, 5.74) is 0. The summed E-state index contributed by atoms with van der Waals surface area (Å²) in [5.74, 6) is 0.989. The fourth-order valence-electron chi connectivity index (χ4n) is 2.35. The second-order valence-corrected chi connectivity index (χ2v) is 4.96. The molecule has 0 aliphatic carbocycles. The van der Waals surface area contributed by atoms with E-state index < -0.39 is 0 Å². The molecule has 1 N–H and O–H groups in total. The van der Waals surface area contributed by atoms with Crippen LogP contribution in [-0.2, 0) is 16.1 Å². The normalized spacial score (nSPS) is 18.2. The van der Waals surface area contributed by atoms with Crippen molar-refractivity contribution in [3.63, 3.8) is 0 Å². The average molecular weight is 266 g/mol. The lowest BCUT2D eigenvalue weighted by atomic mass is 9.99. The Labute approximate surface area is 113 Å². The summed E-state index contributed by atoms with van der Waals surface area (Å²) in [4.78, 5) is 16.4. The second kappa shape index (κ2) is 6.65. The summed E-state index contributed by atoms with van der Waals surface area (Å²) in [6.07, 6.45) is 4.15. The largest absolute Gasteiger partial charge is 0.381 e. The molecule has 6 nitrogen and oxygen atoms in total. The van der Waals surface area contributed by atoms with E-state index >= 15 is 0 Å². The SMILES string of the molecule is CCCn1ncnc1[C@@H](C)NC(=O)C1CCOCC1. The molecular weight excluding hydrogens is 244 g/mol. The average Bonchev–Trinajstić information content (AvgIpc) is 2.88. The van der Waals surface area contributed by atoms with Gasteiger partial charge in [0.1, 0.15) is 12.2 Å². The van der Waals surface area contributed by atoms with E-state index in [1.54, 1.807) is 6.33 Å². The van der Waals surface area contributed by atoms with Crippen LogP contribution in [0.4, 0.5) is 0 Å². The van der Waals surface area contributed by atoms with Crippen molar-refractivity contribution in [1.29, 1.82) is 0 Å². The van der Waals surface area contributed by atoms with E-state index in [1.807, 2.05) is 11.6 Å². The molecule has 0 radical (unpaired) electrons. The molecule has 6 heteroatoms. The highest BCUT2D eigenvalue weighted by molar-refractivity contribution is 5.79. The molecule has 1 saturated heterocycles. The van der Waals surface area contributed by atoms with Gasteiger partial charge in [0.2, 0.25) is 5.91 Å². The maximum absolute atomic E-state index is 12.1. The maximum atomic E-state index is 12.1. The third kappa shape index (κ3) is 3.53. The maximum Gasteiger partial charge on any atom is 0.223 e. The third-order valence-corrected chi connectivity index (χ3v) is 3.42. The number of nitrogens with zero attached hydrogens (tertiary/aromatic N) is 3. The van der Waals surface area contributed by atoms with Gasteiger partial charge >= 0.3 is 0 Å². The minimum Gasteiger partial charge on any atom is -0.381 e. The zero-order chi connectivity index (χ0) is 13.7. The van der Waals surface area contributed by atoms with Crippen molar-refractivity contribution in [2.45, 2.75) is 45.7 Å². The second-order valence-electron chi connectivity index (χ2n) is 4.96. The Kier molecular flexibility index (Phi) is 4.90. The van der Waals surface area contributed by atoms with Gasteiger partial charge < -0.3 is 10.1 Å². The van der Waals surface area contributed by atoms with Crippen molar-refractivity contribution in [3.8, 4) is 0 Å². The molecule has 1 fully saturated rings. The summed E-state index contributed by atoms with van der Waals surface area (Å²) in [6.45, 7) is 6.23. The molecule has 1 aromatic rings. The Morgan fingerprint density at radius 1 is 1.58 bits per heavy atom. The van der Waals surface area contributed by atoms with Crippen molar-refractivity contribution < 1.29 is 9.53 Å². The highest BCUT2D eigenvalue weighted by atomic mass is 16.5. The van der Waals surface area contributed by atoms with Gasteiger partial charge in [-0.3, -0.25) is 4.79 Å². The molecule has 106 valence electrons. The standard InChI is InChI=1S/C13H22N4O2/c1-3-6-17-12(14-9-15-17)10(2)16-13(18)11-4-7-19-8-5-11/h9-11H,3-8H2,1-2H3,(H,16,18)/t10-/m1/s1. The zero-order valence-corrected chi connectivity index (χ0v) is 11.6. The Hall–Kier alpha value is -1.43. The summed E-state index contributed by atoms with van der Waals surface area (Å²) < 4.78 is 7.13. The van der Waals surface area contributed by atoms with Crippen molar-refractivity contribution in [2.75, 3.05) is 13.2 Å². The van der Waals surface area contributed by atoms with Crippen LogP contribution in [0.1, 0.15) is 45.0 Å². The Morgan fingerprint density at radius 3 is 3.00 bits per heavy atom. The first kappa shape index (κ1) is 14.0. The summed E-state index contributed by atoms with van der Waals surface area (Å²) in [7, 11) is 0. The number of carbonyl (C=O) groups excluding carboxylic acids is 1. The number of aryl methyl sites for hydroxylation is 1. The summed E-state index contributed by atoms with van der Waals surface area (Å²) >= 11 is 0. The van der Waals surface area contributed by atoms with Gasteiger partial charge in [0.25, 0.3) is 0 Å². The van der Waals surface area contributed by atoms with Crippen LogP contribution in [0, 0.1) is 5.92 Å². The van der Waals surface area contributed by atoms with Gasteiger partial charge in [-0.25, -0.2) is 9.67 Å². The molecule has 1 aliphatic heterocycles. The number of rotatable bonds is 5. The monoisotopic (exact) mass is 266 g/mol. The van der Waals surface area contributed by atoms with Crippen LogP contribution in [-0.4, -0.2) is 33.9 Å². The van der Waals surface area contributed by atoms with Gasteiger partial charge in [0, 0.05) is 25.7 Å². The molecule has 2 heterocycles. The van der Waals surface area contributed by atoms with Crippen LogP contribution < -0.4 is 5.32 Å². The molecule has 0 spiro atoms. The van der Waals surface area contributed by atoms with Crippen LogP contribution in [0.25, 0.3) is 0 Å². The molecule has 1 amide bonds. The first-order chi connectivity index (χ1) is 9.22. The molecule has 0 saturated carbocycles. The summed E-state index contributed by atoms with van der Waals surface area (Å²) in [5, 5.41) is 7.21. The zero-order valence-electron chi connectivity index (χ0n) is 11.6. The molecule has 0 aromatic carbocycles. The molecule has 0 bridgehead atoms. The Morgan fingerprint density at radius 2 is 2.32 bits per heavy atom. The number of nitrogens with one attached hydrogen (secondary N) is 1. The number of hydrogen-bond acceptors (Lipinski definition) is 4. The van der Waals surface area contributed by atoms with Crippen molar-refractivity contribution >= 4 is 5.91 Å². The minimum atomic E-state index is -0.107. The lowest BCUT2D eigenvalue weighted by Gasteiger charge is -2.23. The third-order valence-electron chi connectivity index (χ3n) is 3.42. The Bertz CT molecular complexity index is 413. The van der Waals surface area contributed by atoms with Crippen molar-refractivity contribution in [3.05, 3.63) is 12.2 Å². The van der Waals surface area contributed by atoms with E-state index in [9.17, 15) is 4.79 Å². The van der Waals surface area contributed by atoms with Crippen LogP contribution >= 0.6 is 0 Å². The lowest BCUT2D eigenvalue weighted by molar-refractivity contribution is -0.128. The first-order valence-corrected chi connectivity index (χ1v) is 6.98. The number of hydrogen-bond donors (Lipinski definition) is 1. The minimum absolute atomic E-state index is 0.0683. The molecule has 2 rings (SSSR count). The number of amides is 1. The summed E-state index contributed by atoms with van der Waals surface area (Å²) in [6, 6.07) is -0.107. The number of aromatic nitrogens is 3. The van der Waals surface area contributed by atoms with E-state index in [0.29, 0.717) is 13.2 Å². The predicted octanol–water partition coefficient (Wildman–Crippen LogP) is 1.29. The van der Waals surface area contributed by atoms with E-state index in [4.69, 9.17) is 4.74 Å². The molecule has 1 aliphatic rings. The van der Waals surface area contributed by atoms with Crippen LogP contribution in [0.5, 0.6) is 0 Å². The highest BCUT2D eigenvalue weighted by Gasteiger charge is 2.24. The number of ether oxygens (including phenoxy) is 1. The fraction of sp³-hybridized carbons (Fsp3) is 0.769. The van der Waals surface area contributed by atoms with E-state index in [2.05, 4.69) is 22.3 Å². The molecule has 1 aromatic heterocycles. The van der Waals surface area contributed by atoms with Gasteiger partial charge in [-0.15, -0.1) is 0 Å². The van der Waals surface area contributed by atoms with Crippen LogP contribution in [0.15, 0.2) is 6.33 Å². The smallest absolute Gasteiger partial charge is 0.223 e. The molecular formula is C13H22N4O2. The molecule has 0 unspecified atom stereocenters. The van der Waals surface area contributed by atoms with E-state index in [0.717, 1.165) is 31.6 Å². The molecule has 19 heavy (non-hydrogen) atoms. The van der Waals surface area contributed by atoms with Gasteiger partial charge in [0.05, 0.1) is 6.04 Å². The molecule has 1 atom stereocenters. The topological polar surface area (TPSA) is 69.0 Å². The van der Waals surface area contributed by atoms with Gasteiger partial charge in [-0.05, 0) is 26.2 Å². The lowest BCUT2D eigenvalue weighted by Crippen LogP contribution is -2.36.